The van der Waals surface area contributed by atoms with Gasteiger partial charge in [-0.05, 0) is 66.2 Å². The lowest BCUT2D eigenvalue weighted by Gasteiger charge is -2.37. The van der Waals surface area contributed by atoms with Crippen LogP contribution in [-0.4, -0.2) is 13.4 Å². The van der Waals surface area contributed by atoms with Gasteiger partial charge in [-0.25, -0.2) is 0 Å². The summed E-state index contributed by atoms with van der Waals surface area (Å²) in [7, 11) is -1.86. The molecule has 2 atom stereocenters. The van der Waals surface area contributed by atoms with E-state index in [1.165, 1.54) is 5.56 Å². The summed E-state index contributed by atoms with van der Waals surface area (Å²) in [6.07, 6.45) is 4.71. The maximum Gasteiger partial charge on any atom is 0.250 e. The Hall–Kier alpha value is -1.84. The molecule has 0 spiro atoms. The van der Waals surface area contributed by atoms with E-state index < -0.39 is 13.9 Å². The van der Waals surface area contributed by atoms with Crippen LogP contribution in [0.2, 0.25) is 18.1 Å². The topological polar surface area (TPSA) is 29.5 Å². The first-order valence-corrected chi connectivity index (χ1v) is 13.2. The van der Waals surface area contributed by atoms with E-state index in [4.69, 9.17) is 4.43 Å². The Bertz CT molecular complexity index is 832. The number of benzene rings is 2. The number of hydrogen-bond acceptors (Lipinski definition) is 2. The molecule has 0 heterocycles. The average molecular weight is 395 g/mol. The molecule has 0 fully saturated rings. The number of rotatable bonds is 4. The fourth-order valence-corrected chi connectivity index (χ4v) is 4.95. The fourth-order valence-electron chi connectivity index (χ4n) is 3.92. The molecule has 3 heteroatoms. The second-order valence-electron chi connectivity index (χ2n) is 9.56. The zero-order chi connectivity index (χ0) is 20.6. The van der Waals surface area contributed by atoms with Crippen molar-refractivity contribution in [2.24, 2.45) is 0 Å². The van der Waals surface area contributed by atoms with Gasteiger partial charge in [0.25, 0.3) is 0 Å². The number of aliphatic hydroxyl groups is 1. The average Bonchev–Trinajstić information content (AvgIpc) is 2.79. The highest BCUT2D eigenvalue weighted by Gasteiger charge is 2.40. The zero-order valence-electron chi connectivity index (χ0n) is 18.0. The van der Waals surface area contributed by atoms with Gasteiger partial charge in [0.15, 0.2) is 0 Å². The van der Waals surface area contributed by atoms with Gasteiger partial charge in [0.05, 0.1) is 0 Å². The van der Waals surface area contributed by atoms with Gasteiger partial charge in [-0.15, -0.1) is 0 Å². The van der Waals surface area contributed by atoms with Crippen LogP contribution >= 0.6 is 0 Å². The first kappa shape index (κ1) is 20.9. The molecule has 1 N–H and O–H groups in total. The lowest BCUT2D eigenvalue weighted by Crippen LogP contribution is -2.43. The van der Waals surface area contributed by atoms with Crippen LogP contribution in [-0.2, 0) is 12.0 Å². The summed E-state index contributed by atoms with van der Waals surface area (Å²) < 4.78 is 6.42. The predicted molar refractivity (Wildman–Crippen MR) is 120 cm³/mol. The van der Waals surface area contributed by atoms with Crippen molar-refractivity contribution >= 4 is 8.32 Å². The maximum atomic E-state index is 11.6. The SMILES string of the molecule is C=C[C@@]1(O)c2ccccc2CCC[C@@H]1c1ccc(O[Si](C)(C)C(C)(C)C)cc1. The Balaban J connectivity index is 1.92. The van der Waals surface area contributed by atoms with Crippen LogP contribution in [0.25, 0.3) is 0 Å². The molecule has 0 aromatic heterocycles. The second-order valence-corrected chi connectivity index (χ2v) is 14.3. The van der Waals surface area contributed by atoms with Gasteiger partial charge in [0.1, 0.15) is 11.4 Å². The highest BCUT2D eigenvalue weighted by Crippen LogP contribution is 2.45. The van der Waals surface area contributed by atoms with Crippen LogP contribution in [0.1, 0.15) is 56.2 Å². The molecule has 2 aromatic rings. The quantitative estimate of drug-likeness (QED) is 0.361. The minimum absolute atomic E-state index is 0.00410. The molecule has 2 nitrogen and oxygen atoms in total. The first-order chi connectivity index (χ1) is 13.1. The van der Waals surface area contributed by atoms with Gasteiger partial charge >= 0.3 is 0 Å². The molecule has 150 valence electrons. The molecule has 28 heavy (non-hydrogen) atoms. The van der Waals surface area contributed by atoms with E-state index in [1.54, 1.807) is 6.08 Å². The summed E-state index contributed by atoms with van der Waals surface area (Å²) in [5.74, 6) is 0.919. The molecule has 0 unspecified atom stereocenters. The highest BCUT2D eigenvalue weighted by atomic mass is 28.4. The third-order valence-electron chi connectivity index (χ3n) is 6.69. The minimum atomic E-state index is -1.86. The van der Waals surface area contributed by atoms with Gasteiger partial charge in [-0.3, -0.25) is 0 Å². The molecule has 0 aliphatic heterocycles. The van der Waals surface area contributed by atoms with Crippen molar-refractivity contribution in [1.82, 2.24) is 0 Å². The molecule has 0 saturated heterocycles. The molecular formula is C25H34O2Si. The van der Waals surface area contributed by atoms with E-state index in [1.807, 2.05) is 12.1 Å². The molecule has 2 aromatic carbocycles. The monoisotopic (exact) mass is 394 g/mol. The van der Waals surface area contributed by atoms with Crippen molar-refractivity contribution in [2.75, 3.05) is 0 Å². The molecule has 0 radical (unpaired) electrons. The highest BCUT2D eigenvalue weighted by molar-refractivity contribution is 6.74. The number of hydrogen-bond donors (Lipinski definition) is 1. The van der Waals surface area contributed by atoms with Gasteiger partial charge in [-0.1, -0.05) is 69.8 Å². The maximum absolute atomic E-state index is 11.6. The Labute approximate surface area is 171 Å². The van der Waals surface area contributed by atoms with Crippen molar-refractivity contribution in [3.8, 4) is 5.75 Å². The van der Waals surface area contributed by atoms with Gasteiger partial charge in [0, 0.05) is 5.92 Å². The summed E-state index contributed by atoms with van der Waals surface area (Å²) in [6.45, 7) is 15.3. The van der Waals surface area contributed by atoms with E-state index in [-0.39, 0.29) is 11.0 Å². The normalized spacial score (nSPS) is 22.9. The van der Waals surface area contributed by atoms with Gasteiger partial charge < -0.3 is 9.53 Å². The first-order valence-electron chi connectivity index (χ1n) is 10.3. The van der Waals surface area contributed by atoms with E-state index in [0.29, 0.717) is 0 Å². The van der Waals surface area contributed by atoms with Gasteiger partial charge in [0.2, 0.25) is 8.32 Å². The minimum Gasteiger partial charge on any atom is -0.544 e. The molecule has 0 saturated carbocycles. The zero-order valence-corrected chi connectivity index (χ0v) is 19.0. The summed E-state index contributed by atoms with van der Waals surface area (Å²) in [6, 6.07) is 16.6. The number of fused-ring (bicyclic) bond motifs is 1. The van der Waals surface area contributed by atoms with Crippen LogP contribution in [0.15, 0.2) is 61.2 Å². The second kappa shape index (κ2) is 7.53. The Kier molecular flexibility index (Phi) is 5.61. The molecule has 1 aliphatic carbocycles. The largest absolute Gasteiger partial charge is 0.544 e. The van der Waals surface area contributed by atoms with Crippen LogP contribution in [0.5, 0.6) is 5.75 Å². The van der Waals surface area contributed by atoms with Crippen LogP contribution in [0, 0.1) is 0 Å². The van der Waals surface area contributed by atoms with Gasteiger partial charge in [-0.2, -0.15) is 0 Å². The molecule has 0 bridgehead atoms. The lowest BCUT2D eigenvalue weighted by atomic mass is 9.76. The summed E-state index contributed by atoms with van der Waals surface area (Å²) in [5, 5.41) is 11.8. The van der Waals surface area contributed by atoms with E-state index in [9.17, 15) is 5.11 Å². The molecular weight excluding hydrogens is 360 g/mol. The van der Waals surface area contributed by atoms with Crippen LogP contribution in [0.4, 0.5) is 0 Å². The van der Waals surface area contributed by atoms with Crippen molar-refractivity contribution in [3.63, 3.8) is 0 Å². The summed E-state index contributed by atoms with van der Waals surface area (Å²) >= 11 is 0. The lowest BCUT2D eigenvalue weighted by molar-refractivity contribution is 0.0564. The smallest absolute Gasteiger partial charge is 0.250 e. The summed E-state index contributed by atoms with van der Waals surface area (Å²) in [4.78, 5) is 0. The fraction of sp³-hybridized carbons (Fsp3) is 0.440. The molecule has 3 rings (SSSR count). The van der Waals surface area contributed by atoms with Crippen molar-refractivity contribution in [1.29, 1.82) is 0 Å². The van der Waals surface area contributed by atoms with Crippen LogP contribution in [0.3, 0.4) is 0 Å². The molecule has 0 amide bonds. The summed E-state index contributed by atoms with van der Waals surface area (Å²) in [5.41, 5.74) is 2.32. The van der Waals surface area contributed by atoms with E-state index in [0.717, 1.165) is 36.1 Å². The van der Waals surface area contributed by atoms with Crippen molar-refractivity contribution in [3.05, 3.63) is 77.9 Å². The van der Waals surface area contributed by atoms with Crippen LogP contribution < -0.4 is 4.43 Å². The predicted octanol–water partition coefficient (Wildman–Crippen LogP) is 6.56. The Morgan fingerprint density at radius 2 is 1.75 bits per heavy atom. The third kappa shape index (κ3) is 3.83. The Morgan fingerprint density at radius 3 is 2.36 bits per heavy atom. The number of aryl methyl sites for hydroxylation is 1. The van der Waals surface area contributed by atoms with E-state index >= 15 is 0 Å². The third-order valence-corrected chi connectivity index (χ3v) is 11.1. The van der Waals surface area contributed by atoms with E-state index in [2.05, 4.69) is 76.8 Å². The molecule has 1 aliphatic rings. The Morgan fingerprint density at radius 1 is 1.11 bits per heavy atom. The van der Waals surface area contributed by atoms with Crippen molar-refractivity contribution in [2.45, 2.75) is 69.7 Å². The standard InChI is InChI=1S/C25H34O2Si/c1-7-25(26)22-13-9-8-11-19(22)12-10-14-23(25)20-15-17-21(18-16-20)27-28(5,6)24(2,3)4/h7-9,11,13,15-18,23,26H,1,10,12,14H2,2-6H3/t23-,25-/m1/s1. The van der Waals surface area contributed by atoms with Crippen molar-refractivity contribution < 1.29 is 9.53 Å².